The summed E-state index contributed by atoms with van der Waals surface area (Å²) < 4.78 is 11.2. The Morgan fingerprint density at radius 2 is 1.88 bits per heavy atom. The van der Waals surface area contributed by atoms with Crippen molar-refractivity contribution < 1.29 is 9.47 Å². The van der Waals surface area contributed by atoms with Gasteiger partial charge in [0, 0.05) is 5.56 Å². The molecule has 1 heterocycles. The summed E-state index contributed by atoms with van der Waals surface area (Å²) in [4.78, 5) is 0. The van der Waals surface area contributed by atoms with Gasteiger partial charge >= 0.3 is 0 Å². The minimum absolute atomic E-state index is 0.249. The molecule has 0 bridgehead atoms. The Hall–Kier alpha value is -0.320. The molecule has 0 atom stereocenters. The molecule has 0 radical (unpaired) electrons. The molecule has 88 valence electrons. The lowest BCUT2D eigenvalue weighted by Crippen LogP contribution is -2.40. The van der Waals surface area contributed by atoms with Gasteiger partial charge in [-0.25, -0.2) is 0 Å². The van der Waals surface area contributed by atoms with Gasteiger partial charge in [-0.2, -0.15) is 0 Å². The third kappa shape index (κ3) is 2.67. The van der Waals surface area contributed by atoms with E-state index in [-0.39, 0.29) is 12.3 Å². The largest absolute Gasteiger partial charge is 0.347 e. The minimum Gasteiger partial charge on any atom is -0.347 e. The fourth-order valence-corrected chi connectivity index (χ4v) is 1.83. The summed E-state index contributed by atoms with van der Waals surface area (Å²) in [5.41, 5.74) is 0.893. The first-order chi connectivity index (χ1) is 7.70. The zero-order chi connectivity index (χ0) is 11.5. The van der Waals surface area contributed by atoms with Crippen molar-refractivity contribution in [3.8, 4) is 0 Å². The Labute approximate surface area is 105 Å². The van der Waals surface area contributed by atoms with Crippen LogP contribution in [-0.4, -0.2) is 26.3 Å². The number of rotatable bonds is 2. The molecule has 0 spiro atoms. The van der Waals surface area contributed by atoms with Crippen molar-refractivity contribution in [1.29, 1.82) is 0 Å². The normalized spacial score (nSPS) is 25.7. The highest BCUT2D eigenvalue weighted by molar-refractivity contribution is 6.42. The van der Waals surface area contributed by atoms with Crippen molar-refractivity contribution in [1.82, 2.24) is 5.32 Å². The first-order valence-corrected chi connectivity index (χ1v) is 5.81. The van der Waals surface area contributed by atoms with Crippen LogP contribution in [-0.2, 0) is 9.47 Å². The van der Waals surface area contributed by atoms with Crippen molar-refractivity contribution >= 4 is 23.2 Å². The molecule has 0 unspecified atom stereocenters. The highest BCUT2D eigenvalue weighted by atomic mass is 35.5. The molecule has 0 amide bonds. The number of hydrogen-bond acceptors (Lipinski definition) is 3. The summed E-state index contributed by atoms with van der Waals surface area (Å²) in [6.07, 6.45) is -0.348. The van der Waals surface area contributed by atoms with E-state index < -0.39 is 0 Å². The van der Waals surface area contributed by atoms with Gasteiger partial charge in [-0.15, -0.1) is 0 Å². The molecule has 1 aliphatic heterocycles. The maximum Gasteiger partial charge on any atom is 0.184 e. The van der Waals surface area contributed by atoms with Crippen molar-refractivity contribution in [3.05, 3.63) is 33.8 Å². The lowest BCUT2D eigenvalue weighted by atomic mass is 10.2. The Kier molecular flexibility index (Phi) is 4.05. The van der Waals surface area contributed by atoms with Crippen LogP contribution < -0.4 is 5.32 Å². The highest BCUT2D eigenvalue weighted by Crippen LogP contribution is 2.29. The molecule has 1 aliphatic rings. The molecule has 1 saturated heterocycles. The molecule has 5 heteroatoms. The van der Waals surface area contributed by atoms with Gasteiger partial charge in [0.25, 0.3) is 0 Å². The number of benzene rings is 1. The maximum atomic E-state index is 5.93. The third-order valence-corrected chi connectivity index (χ3v) is 3.26. The number of nitrogens with one attached hydrogen (secondary N) is 1. The van der Waals surface area contributed by atoms with Crippen LogP contribution in [0, 0.1) is 0 Å². The zero-order valence-corrected chi connectivity index (χ0v) is 10.4. The number of likely N-dealkylation sites (N-methyl/N-ethyl adjacent to an activating group) is 1. The van der Waals surface area contributed by atoms with Gasteiger partial charge in [0.15, 0.2) is 6.29 Å². The van der Waals surface area contributed by atoms with Crippen LogP contribution in [0.2, 0.25) is 10.0 Å². The van der Waals surface area contributed by atoms with Crippen LogP contribution in [0.4, 0.5) is 0 Å². The van der Waals surface area contributed by atoms with Gasteiger partial charge in [0.1, 0.15) is 0 Å². The van der Waals surface area contributed by atoms with Gasteiger partial charge in [0.05, 0.1) is 29.3 Å². The molecule has 16 heavy (non-hydrogen) atoms. The van der Waals surface area contributed by atoms with Crippen LogP contribution in [0.15, 0.2) is 18.2 Å². The van der Waals surface area contributed by atoms with Crippen molar-refractivity contribution in [2.24, 2.45) is 0 Å². The first kappa shape index (κ1) is 12.1. The van der Waals surface area contributed by atoms with E-state index in [1.807, 2.05) is 13.1 Å². The second-order valence-electron chi connectivity index (χ2n) is 3.66. The van der Waals surface area contributed by atoms with Crippen LogP contribution in [0.3, 0.4) is 0 Å². The Bertz CT molecular complexity index is 365. The summed E-state index contributed by atoms with van der Waals surface area (Å²) in [5, 5.41) is 4.15. The Morgan fingerprint density at radius 1 is 1.19 bits per heavy atom. The zero-order valence-electron chi connectivity index (χ0n) is 8.87. The van der Waals surface area contributed by atoms with E-state index in [0.717, 1.165) is 5.56 Å². The lowest BCUT2D eigenvalue weighted by molar-refractivity contribution is -0.193. The monoisotopic (exact) mass is 261 g/mol. The predicted octanol–water partition coefficient (Wildman–Crippen LogP) is 2.63. The lowest BCUT2D eigenvalue weighted by Gasteiger charge is -2.29. The molecule has 1 fully saturated rings. The molecule has 0 aromatic heterocycles. The number of ether oxygens (including phenoxy) is 2. The van der Waals surface area contributed by atoms with E-state index in [2.05, 4.69) is 5.32 Å². The average Bonchev–Trinajstić information content (AvgIpc) is 2.33. The van der Waals surface area contributed by atoms with E-state index in [9.17, 15) is 0 Å². The second-order valence-corrected chi connectivity index (χ2v) is 4.47. The van der Waals surface area contributed by atoms with Gasteiger partial charge in [-0.05, 0) is 19.2 Å². The molecule has 1 N–H and O–H groups in total. The SMILES string of the molecule is CNC1COC(c2ccc(Cl)c(Cl)c2)OC1. The predicted molar refractivity (Wildman–Crippen MR) is 64.0 cm³/mol. The van der Waals surface area contributed by atoms with E-state index in [0.29, 0.717) is 23.3 Å². The van der Waals surface area contributed by atoms with Gasteiger partial charge in [-0.1, -0.05) is 29.3 Å². The van der Waals surface area contributed by atoms with Crippen molar-refractivity contribution in [3.63, 3.8) is 0 Å². The molecular formula is C11H13Cl2NO2. The Balaban J connectivity index is 2.05. The quantitative estimate of drug-likeness (QED) is 0.888. The molecule has 2 rings (SSSR count). The topological polar surface area (TPSA) is 30.5 Å². The van der Waals surface area contributed by atoms with Gasteiger partial charge in [0.2, 0.25) is 0 Å². The van der Waals surface area contributed by atoms with Crippen molar-refractivity contribution in [2.45, 2.75) is 12.3 Å². The Morgan fingerprint density at radius 3 is 2.44 bits per heavy atom. The van der Waals surface area contributed by atoms with E-state index >= 15 is 0 Å². The number of halogens is 2. The molecule has 0 aliphatic carbocycles. The summed E-state index contributed by atoms with van der Waals surface area (Å²) in [6.45, 7) is 1.25. The van der Waals surface area contributed by atoms with Gasteiger partial charge < -0.3 is 14.8 Å². The minimum atomic E-state index is -0.348. The summed E-state index contributed by atoms with van der Waals surface area (Å²) in [5.74, 6) is 0. The maximum absolute atomic E-state index is 5.93. The van der Waals surface area contributed by atoms with Crippen LogP contribution in [0.25, 0.3) is 0 Å². The summed E-state index contributed by atoms with van der Waals surface area (Å²) in [7, 11) is 1.89. The smallest absolute Gasteiger partial charge is 0.184 e. The molecule has 0 saturated carbocycles. The average molecular weight is 262 g/mol. The van der Waals surface area contributed by atoms with Crippen molar-refractivity contribution in [2.75, 3.05) is 20.3 Å². The molecule has 1 aromatic carbocycles. The third-order valence-electron chi connectivity index (χ3n) is 2.52. The van der Waals surface area contributed by atoms with Crippen LogP contribution >= 0.6 is 23.2 Å². The van der Waals surface area contributed by atoms with Gasteiger partial charge in [-0.3, -0.25) is 0 Å². The fraction of sp³-hybridized carbons (Fsp3) is 0.455. The fourth-order valence-electron chi connectivity index (χ4n) is 1.52. The summed E-state index contributed by atoms with van der Waals surface area (Å²) in [6, 6.07) is 5.63. The van der Waals surface area contributed by atoms with Crippen LogP contribution in [0.1, 0.15) is 11.9 Å². The van der Waals surface area contributed by atoms with Crippen LogP contribution in [0.5, 0.6) is 0 Å². The summed E-state index contributed by atoms with van der Waals surface area (Å²) >= 11 is 11.8. The molecule has 1 aromatic rings. The molecular weight excluding hydrogens is 249 g/mol. The molecule has 3 nitrogen and oxygen atoms in total. The first-order valence-electron chi connectivity index (χ1n) is 5.06. The number of hydrogen-bond donors (Lipinski definition) is 1. The van der Waals surface area contributed by atoms with E-state index in [1.165, 1.54) is 0 Å². The second kappa shape index (κ2) is 5.34. The van der Waals surface area contributed by atoms with E-state index in [1.54, 1.807) is 12.1 Å². The standard InChI is InChI=1S/C11H13Cl2NO2/c1-14-8-5-15-11(16-6-8)7-2-3-9(12)10(13)4-7/h2-4,8,11,14H,5-6H2,1H3. The highest BCUT2D eigenvalue weighted by Gasteiger charge is 2.22. The van der Waals surface area contributed by atoms with E-state index in [4.69, 9.17) is 32.7 Å².